The van der Waals surface area contributed by atoms with Gasteiger partial charge in [-0.3, -0.25) is 9.69 Å². The minimum Gasteiger partial charge on any atom is -0.449 e. The fraction of sp³-hybridized carbons (Fsp3) is 0.333. The summed E-state index contributed by atoms with van der Waals surface area (Å²) in [6.45, 7) is 1.07. The van der Waals surface area contributed by atoms with Crippen LogP contribution in [0, 0.1) is 0 Å². The second kappa shape index (κ2) is 5.19. The number of aliphatic hydroxyl groups is 2. The Labute approximate surface area is 132 Å². The lowest BCUT2D eigenvalue weighted by Gasteiger charge is -2.13. The molecular weight excluding hydrogens is 297 g/mol. The quantitative estimate of drug-likeness (QED) is 0.496. The molecule has 3 aromatic rings. The zero-order chi connectivity index (χ0) is 16.1. The van der Waals surface area contributed by atoms with Gasteiger partial charge in [0.15, 0.2) is 0 Å². The number of rotatable bonds is 2. The summed E-state index contributed by atoms with van der Waals surface area (Å²) in [5.74, 6) is 0.494. The molecule has 8 heteroatoms. The zero-order valence-corrected chi connectivity index (χ0v) is 12.6. The van der Waals surface area contributed by atoms with Gasteiger partial charge in [0, 0.05) is 18.5 Å². The molecule has 0 bridgehead atoms. The van der Waals surface area contributed by atoms with Crippen LogP contribution in [0.4, 0.5) is 0 Å². The van der Waals surface area contributed by atoms with Gasteiger partial charge in [-0.2, -0.15) is 0 Å². The van der Waals surface area contributed by atoms with Crippen LogP contribution in [0.3, 0.4) is 0 Å². The molecule has 1 fully saturated rings. The first-order valence-corrected chi connectivity index (χ1v) is 7.52. The average Bonchev–Trinajstić information content (AvgIpc) is 3.00. The summed E-state index contributed by atoms with van der Waals surface area (Å²) in [6, 6.07) is 5.70. The van der Waals surface area contributed by atoms with Gasteiger partial charge in [0.05, 0.1) is 18.8 Å². The fourth-order valence-electron chi connectivity index (χ4n) is 3.08. The topological polar surface area (TPSA) is 103 Å². The van der Waals surface area contributed by atoms with E-state index in [4.69, 9.17) is 4.42 Å². The molecule has 1 aliphatic rings. The molecule has 0 spiro atoms. The maximum absolute atomic E-state index is 12.2. The molecule has 4 rings (SSSR count). The van der Waals surface area contributed by atoms with E-state index in [-0.39, 0.29) is 11.1 Å². The van der Waals surface area contributed by atoms with Crippen molar-refractivity contribution in [2.75, 3.05) is 13.1 Å². The number of hydrogen-bond acceptors (Lipinski definition) is 6. The van der Waals surface area contributed by atoms with Gasteiger partial charge in [-0.05, 0) is 6.07 Å². The molecule has 0 aliphatic carbocycles. The van der Waals surface area contributed by atoms with Gasteiger partial charge in [0.2, 0.25) is 5.58 Å². The van der Waals surface area contributed by atoms with Gasteiger partial charge >= 0.3 is 0 Å². The minimum atomic E-state index is -0.761. The molecule has 1 aromatic carbocycles. The third kappa shape index (κ3) is 2.44. The Bertz CT molecular complexity index is 941. The smallest absolute Gasteiger partial charge is 0.294 e. The highest BCUT2D eigenvalue weighted by atomic mass is 16.3. The van der Waals surface area contributed by atoms with Crippen LogP contribution in [-0.4, -0.2) is 58.2 Å². The first kappa shape index (κ1) is 14.4. The summed E-state index contributed by atoms with van der Waals surface area (Å²) in [4.78, 5) is 21.3. The lowest BCUT2D eigenvalue weighted by atomic mass is 9.95. The SMILES string of the molecule is Bc1ccc2oc3c(=O)[nH]c(CN4C[C@H](O)[C@@H](O)C4)nc3c2c1. The molecule has 3 N–H and O–H groups in total. The van der Waals surface area contributed by atoms with Crippen molar-refractivity contribution in [3.05, 3.63) is 34.4 Å². The zero-order valence-electron chi connectivity index (χ0n) is 12.6. The highest BCUT2D eigenvalue weighted by Crippen LogP contribution is 2.24. The Morgan fingerprint density at radius 2 is 2.09 bits per heavy atom. The summed E-state index contributed by atoms with van der Waals surface area (Å²) >= 11 is 0. The number of aromatic amines is 1. The van der Waals surface area contributed by atoms with E-state index in [1.807, 2.05) is 30.9 Å². The molecule has 0 radical (unpaired) electrons. The van der Waals surface area contributed by atoms with Crippen molar-refractivity contribution in [3.8, 4) is 0 Å². The van der Waals surface area contributed by atoms with E-state index in [0.29, 0.717) is 36.6 Å². The highest BCUT2D eigenvalue weighted by Gasteiger charge is 2.30. The number of fused-ring (bicyclic) bond motifs is 3. The first-order chi connectivity index (χ1) is 11.0. The van der Waals surface area contributed by atoms with Gasteiger partial charge in [-0.25, -0.2) is 4.98 Å². The molecule has 3 heterocycles. The number of aliphatic hydroxyl groups excluding tert-OH is 2. The van der Waals surface area contributed by atoms with Gasteiger partial charge in [-0.1, -0.05) is 17.6 Å². The van der Waals surface area contributed by atoms with Crippen LogP contribution < -0.4 is 11.0 Å². The summed E-state index contributed by atoms with van der Waals surface area (Å²) in [5, 5.41) is 20.0. The average molecular weight is 313 g/mol. The molecule has 2 atom stereocenters. The van der Waals surface area contributed by atoms with E-state index in [1.165, 1.54) is 0 Å². The third-order valence-corrected chi connectivity index (χ3v) is 4.24. The summed E-state index contributed by atoms with van der Waals surface area (Å²) in [6.07, 6.45) is -1.52. The summed E-state index contributed by atoms with van der Waals surface area (Å²) < 4.78 is 5.60. The largest absolute Gasteiger partial charge is 0.449 e. The lowest BCUT2D eigenvalue weighted by Crippen LogP contribution is -2.24. The van der Waals surface area contributed by atoms with Crippen molar-refractivity contribution in [2.24, 2.45) is 0 Å². The molecule has 0 saturated carbocycles. The number of hydrogen-bond donors (Lipinski definition) is 3. The second-order valence-corrected chi connectivity index (χ2v) is 6.12. The second-order valence-electron chi connectivity index (χ2n) is 6.12. The number of β-amino-alcohol motifs (C(OH)–C–C–N with tert-alkyl or cyclic N) is 2. The Kier molecular flexibility index (Phi) is 3.26. The number of H-pyrrole nitrogens is 1. The minimum absolute atomic E-state index is 0.218. The first-order valence-electron chi connectivity index (χ1n) is 7.52. The van der Waals surface area contributed by atoms with Crippen molar-refractivity contribution in [1.29, 1.82) is 0 Å². The van der Waals surface area contributed by atoms with Crippen molar-refractivity contribution in [1.82, 2.24) is 14.9 Å². The number of likely N-dealkylation sites (tertiary alicyclic amines) is 1. The van der Waals surface area contributed by atoms with Gasteiger partial charge < -0.3 is 19.6 Å². The predicted molar refractivity (Wildman–Crippen MR) is 87.6 cm³/mol. The van der Waals surface area contributed by atoms with Crippen LogP contribution in [0.5, 0.6) is 0 Å². The van der Waals surface area contributed by atoms with E-state index < -0.39 is 12.2 Å². The molecule has 1 saturated heterocycles. The molecule has 0 unspecified atom stereocenters. The Morgan fingerprint density at radius 1 is 1.35 bits per heavy atom. The van der Waals surface area contributed by atoms with Crippen LogP contribution in [-0.2, 0) is 6.54 Å². The van der Waals surface area contributed by atoms with Crippen molar-refractivity contribution in [2.45, 2.75) is 18.8 Å². The molecular formula is C15H16BN3O4. The molecule has 23 heavy (non-hydrogen) atoms. The van der Waals surface area contributed by atoms with Gasteiger partial charge in [0.25, 0.3) is 5.56 Å². The van der Waals surface area contributed by atoms with Crippen LogP contribution in [0.1, 0.15) is 5.82 Å². The van der Waals surface area contributed by atoms with E-state index >= 15 is 0 Å². The monoisotopic (exact) mass is 313 g/mol. The van der Waals surface area contributed by atoms with Crippen LogP contribution >= 0.6 is 0 Å². The fourth-order valence-corrected chi connectivity index (χ4v) is 3.08. The Balaban J connectivity index is 1.78. The lowest BCUT2D eigenvalue weighted by molar-refractivity contribution is 0.0572. The van der Waals surface area contributed by atoms with E-state index in [9.17, 15) is 15.0 Å². The van der Waals surface area contributed by atoms with Crippen LogP contribution in [0.2, 0.25) is 0 Å². The number of aromatic nitrogens is 2. The van der Waals surface area contributed by atoms with E-state index in [1.54, 1.807) is 0 Å². The Morgan fingerprint density at radius 3 is 2.83 bits per heavy atom. The van der Waals surface area contributed by atoms with Crippen molar-refractivity contribution < 1.29 is 14.6 Å². The van der Waals surface area contributed by atoms with E-state index in [0.717, 1.165) is 10.8 Å². The molecule has 1 aliphatic heterocycles. The number of nitrogens with zero attached hydrogens (tertiary/aromatic N) is 2. The van der Waals surface area contributed by atoms with Crippen molar-refractivity contribution in [3.63, 3.8) is 0 Å². The Hall–Kier alpha value is -2.16. The third-order valence-electron chi connectivity index (χ3n) is 4.24. The predicted octanol–water partition coefficient (Wildman–Crippen LogP) is -1.53. The molecule has 0 amide bonds. The normalized spacial score (nSPS) is 22.3. The molecule has 2 aromatic heterocycles. The van der Waals surface area contributed by atoms with Gasteiger partial charge in [0.1, 0.15) is 24.8 Å². The maximum Gasteiger partial charge on any atom is 0.294 e. The number of furan rings is 1. The van der Waals surface area contributed by atoms with Gasteiger partial charge in [-0.15, -0.1) is 0 Å². The molecule has 7 nitrogen and oxygen atoms in total. The van der Waals surface area contributed by atoms with Crippen LogP contribution in [0.25, 0.3) is 22.1 Å². The maximum atomic E-state index is 12.2. The standard InChI is InChI=1S/C15H16BN3O4/c16-7-1-2-11-8(3-7)13-14(23-11)15(22)18-12(17-13)6-19-4-9(20)10(21)5-19/h1-3,9-10,20-21H,4-6,16H2,(H,17,18,22)/t9-,10-/m0/s1. The highest BCUT2D eigenvalue weighted by molar-refractivity contribution is 6.33. The summed E-state index contributed by atoms with van der Waals surface area (Å²) in [7, 11) is 1.97. The van der Waals surface area contributed by atoms with Crippen molar-refractivity contribution >= 4 is 35.4 Å². The number of benzene rings is 1. The molecule has 118 valence electrons. The van der Waals surface area contributed by atoms with E-state index in [2.05, 4.69) is 9.97 Å². The van der Waals surface area contributed by atoms with Crippen LogP contribution in [0.15, 0.2) is 27.4 Å². The number of nitrogens with one attached hydrogen (secondary N) is 1. The summed E-state index contributed by atoms with van der Waals surface area (Å²) in [5.41, 5.74) is 2.14.